The SMILES string of the molecule is ClC1=Nc2cc3ccsc3cc2C(Cl)=Nc2cc3ccsc3cc21. The van der Waals surface area contributed by atoms with Crippen molar-refractivity contribution in [2.45, 2.75) is 0 Å². The van der Waals surface area contributed by atoms with Gasteiger partial charge in [0.25, 0.3) is 0 Å². The van der Waals surface area contributed by atoms with Crippen molar-refractivity contribution < 1.29 is 0 Å². The summed E-state index contributed by atoms with van der Waals surface area (Å²) in [5.41, 5.74) is 3.11. The number of rotatable bonds is 0. The van der Waals surface area contributed by atoms with Crippen LogP contribution >= 0.6 is 45.9 Å². The minimum atomic E-state index is 0.434. The molecule has 4 aromatic rings. The van der Waals surface area contributed by atoms with Gasteiger partial charge in [-0.15, -0.1) is 22.7 Å². The van der Waals surface area contributed by atoms with Gasteiger partial charge in [-0.2, -0.15) is 0 Å². The molecule has 0 fully saturated rings. The number of nitrogens with zero attached hydrogens (tertiary/aromatic N) is 2. The highest BCUT2D eigenvalue weighted by Gasteiger charge is 2.18. The van der Waals surface area contributed by atoms with Gasteiger partial charge < -0.3 is 0 Å². The molecular weight excluding hydrogens is 379 g/mol. The molecule has 0 atom stereocenters. The number of hydrogen-bond donors (Lipinski definition) is 0. The summed E-state index contributed by atoms with van der Waals surface area (Å²) in [6.07, 6.45) is 0. The number of thiophene rings is 2. The lowest BCUT2D eigenvalue weighted by Gasteiger charge is -2.12. The van der Waals surface area contributed by atoms with E-state index in [1.165, 1.54) is 0 Å². The van der Waals surface area contributed by atoms with Gasteiger partial charge in [0, 0.05) is 20.5 Å². The highest BCUT2D eigenvalue weighted by atomic mass is 35.5. The fourth-order valence-corrected chi connectivity index (χ4v) is 4.95. The van der Waals surface area contributed by atoms with Crippen molar-refractivity contribution in [1.29, 1.82) is 0 Å². The molecule has 1 aliphatic rings. The predicted octanol–water partition coefficient (Wildman–Crippen LogP) is 7.06. The molecule has 24 heavy (non-hydrogen) atoms. The summed E-state index contributed by atoms with van der Waals surface area (Å²) >= 11 is 16.4. The van der Waals surface area contributed by atoms with Crippen LogP contribution in [0.3, 0.4) is 0 Å². The zero-order chi connectivity index (χ0) is 16.3. The van der Waals surface area contributed by atoms with E-state index >= 15 is 0 Å². The van der Waals surface area contributed by atoms with Crippen LogP contribution in [-0.2, 0) is 0 Å². The van der Waals surface area contributed by atoms with E-state index in [-0.39, 0.29) is 0 Å². The van der Waals surface area contributed by atoms with Gasteiger partial charge >= 0.3 is 0 Å². The zero-order valence-corrected chi connectivity index (χ0v) is 15.2. The molecule has 116 valence electrons. The maximum Gasteiger partial charge on any atom is 0.139 e. The lowest BCUT2D eigenvalue weighted by Crippen LogP contribution is -2.00. The summed E-state index contributed by atoms with van der Waals surface area (Å²) in [5.74, 6) is 0. The molecule has 1 aliphatic heterocycles. The predicted molar refractivity (Wildman–Crippen MR) is 108 cm³/mol. The molecule has 0 amide bonds. The van der Waals surface area contributed by atoms with Crippen molar-refractivity contribution >= 4 is 87.8 Å². The molecular formula is C18H8Cl2N2S2. The molecule has 0 spiro atoms. The minimum absolute atomic E-state index is 0.434. The van der Waals surface area contributed by atoms with Crippen molar-refractivity contribution in [2.24, 2.45) is 9.98 Å². The Morgan fingerprint density at radius 1 is 0.667 bits per heavy atom. The molecule has 0 saturated carbocycles. The quantitative estimate of drug-likeness (QED) is 0.308. The van der Waals surface area contributed by atoms with Crippen molar-refractivity contribution in [3.63, 3.8) is 0 Å². The Hall–Kier alpha value is -1.72. The smallest absolute Gasteiger partial charge is 0.139 e. The fourth-order valence-electron chi connectivity index (χ4n) is 2.84. The van der Waals surface area contributed by atoms with Crippen LogP contribution in [0.4, 0.5) is 11.4 Å². The Morgan fingerprint density at radius 3 is 1.58 bits per heavy atom. The van der Waals surface area contributed by atoms with E-state index < -0.39 is 0 Å². The number of hydrogen-bond acceptors (Lipinski definition) is 4. The van der Waals surface area contributed by atoms with Crippen LogP contribution in [0.5, 0.6) is 0 Å². The number of halogens is 2. The third kappa shape index (κ3) is 2.22. The van der Waals surface area contributed by atoms with Crippen LogP contribution in [-0.4, -0.2) is 10.3 Å². The summed E-state index contributed by atoms with van der Waals surface area (Å²) < 4.78 is 2.31. The maximum atomic E-state index is 6.54. The van der Waals surface area contributed by atoms with Crippen LogP contribution in [0.15, 0.2) is 57.1 Å². The highest BCUT2D eigenvalue weighted by Crippen LogP contribution is 2.37. The minimum Gasteiger partial charge on any atom is -0.235 e. The normalized spacial score (nSPS) is 13.9. The van der Waals surface area contributed by atoms with Gasteiger partial charge in [0.1, 0.15) is 10.3 Å². The van der Waals surface area contributed by atoms with Gasteiger partial charge in [0.2, 0.25) is 0 Å². The molecule has 3 heterocycles. The third-order valence-corrected chi connectivity index (χ3v) is 6.36. The van der Waals surface area contributed by atoms with Gasteiger partial charge in [-0.25, -0.2) is 9.98 Å². The number of benzene rings is 2. The topological polar surface area (TPSA) is 24.7 Å². The molecule has 2 nitrogen and oxygen atoms in total. The molecule has 0 radical (unpaired) electrons. The maximum absolute atomic E-state index is 6.54. The van der Waals surface area contributed by atoms with Crippen LogP contribution < -0.4 is 0 Å². The van der Waals surface area contributed by atoms with Crippen LogP contribution in [0.25, 0.3) is 20.2 Å². The average molecular weight is 387 g/mol. The Balaban J connectivity index is 1.84. The molecule has 0 saturated heterocycles. The van der Waals surface area contributed by atoms with E-state index in [2.05, 4.69) is 32.9 Å². The second kappa shape index (κ2) is 5.39. The van der Waals surface area contributed by atoms with E-state index in [1.54, 1.807) is 22.7 Å². The van der Waals surface area contributed by atoms with Crippen molar-refractivity contribution in [2.75, 3.05) is 0 Å². The zero-order valence-electron chi connectivity index (χ0n) is 12.1. The molecule has 0 bridgehead atoms. The standard InChI is InChI=1S/C18H8Cl2N2S2/c19-17-11-7-15-9(1-3-23-15)5-13(11)21-18(20)12-8-16-10(2-4-24-16)6-14(12)22-17/h1-8H. The van der Waals surface area contributed by atoms with Crippen molar-refractivity contribution in [3.8, 4) is 0 Å². The summed E-state index contributed by atoms with van der Waals surface area (Å²) in [5, 5.41) is 7.23. The van der Waals surface area contributed by atoms with Gasteiger partial charge in [-0.1, -0.05) is 23.2 Å². The first-order valence-corrected chi connectivity index (χ1v) is 9.72. The summed E-state index contributed by atoms with van der Waals surface area (Å²) in [7, 11) is 0. The average Bonchev–Trinajstić information content (AvgIpc) is 3.19. The van der Waals surface area contributed by atoms with Gasteiger partial charge in [-0.3, -0.25) is 0 Å². The lowest BCUT2D eigenvalue weighted by molar-refractivity contribution is 1.47. The number of aliphatic imine (C=N–C) groups is 2. The second-order valence-corrected chi connectivity index (χ2v) is 8.07. The van der Waals surface area contributed by atoms with Gasteiger partial charge in [-0.05, 0) is 57.9 Å². The van der Waals surface area contributed by atoms with E-state index in [0.717, 1.165) is 42.7 Å². The van der Waals surface area contributed by atoms with E-state index in [4.69, 9.17) is 23.2 Å². The van der Waals surface area contributed by atoms with Crippen molar-refractivity contribution in [1.82, 2.24) is 0 Å². The Labute approximate surface area is 155 Å². The first-order chi connectivity index (χ1) is 11.7. The molecule has 5 rings (SSSR count). The molecule has 6 heteroatoms. The van der Waals surface area contributed by atoms with E-state index in [9.17, 15) is 0 Å². The molecule has 2 aromatic heterocycles. The molecule has 2 aromatic carbocycles. The van der Waals surface area contributed by atoms with E-state index in [1.807, 2.05) is 24.3 Å². The monoisotopic (exact) mass is 386 g/mol. The first kappa shape index (κ1) is 14.6. The van der Waals surface area contributed by atoms with Crippen molar-refractivity contribution in [3.05, 3.63) is 58.3 Å². The molecule has 0 unspecified atom stereocenters. The third-order valence-electron chi connectivity index (χ3n) is 4.02. The molecule has 0 aliphatic carbocycles. The van der Waals surface area contributed by atoms with Gasteiger partial charge in [0.05, 0.1) is 11.4 Å². The second-order valence-electron chi connectivity index (χ2n) is 5.46. The Bertz CT molecular complexity index is 1090. The Kier molecular flexibility index (Phi) is 3.28. The highest BCUT2D eigenvalue weighted by molar-refractivity contribution is 7.17. The largest absolute Gasteiger partial charge is 0.235 e. The molecule has 0 N–H and O–H groups in total. The van der Waals surface area contributed by atoms with Crippen LogP contribution in [0, 0.1) is 0 Å². The Morgan fingerprint density at radius 2 is 1.12 bits per heavy atom. The fraction of sp³-hybridized carbons (Fsp3) is 0. The summed E-state index contributed by atoms with van der Waals surface area (Å²) in [6.45, 7) is 0. The van der Waals surface area contributed by atoms with Crippen LogP contribution in [0.1, 0.15) is 11.1 Å². The lowest BCUT2D eigenvalue weighted by atomic mass is 10.1. The van der Waals surface area contributed by atoms with Crippen LogP contribution in [0.2, 0.25) is 0 Å². The number of fused-ring (bicyclic) bond motifs is 4. The first-order valence-electron chi connectivity index (χ1n) is 7.21. The summed E-state index contributed by atoms with van der Waals surface area (Å²) in [6, 6.07) is 12.2. The summed E-state index contributed by atoms with van der Waals surface area (Å²) in [4.78, 5) is 9.28. The van der Waals surface area contributed by atoms with Gasteiger partial charge in [0.15, 0.2) is 0 Å². The van der Waals surface area contributed by atoms with E-state index in [0.29, 0.717) is 10.3 Å².